The third-order valence-electron chi connectivity index (χ3n) is 2.69. The zero-order valence-electron chi connectivity index (χ0n) is 8.92. The molecule has 3 heteroatoms. The fourth-order valence-electron chi connectivity index (χ4n) is 1.62. The molecule has 0 bridgehead atoms. The van der Waals surface area contributed by atoms with E-state index in [0.29, 0.717) is 6.54 Å². The van der Waals surface area contributed by atoms with Gasteiger partial charge in [-0.3, -0.25) is 0 Å². The van der Waals surface area contributed by atoms with Crippen LogP contribution in [0.1, 0.15) is 18.4 Å². The standard InChI is InChI=1S/C12H16FNO/c1-15-12-5-4-11(13)6-10(12)8-14-7-9-2-3-9/h4-6,9,14H,2-3,7-8H2,1H3. The van der Waals surface area contributed by atoms with E-state index in [1.165, 1.54) is 25.0 Å². The largest absolute Gasteiger partial charge is 0.496 e. The Balaban J connectivity index is 1.94. The van der Waals surface area contributed by atoms with Crippen molar-refractivity contribution in [2.24, 2.45) is 5.92 Å². The van der Waals surface area contributed by atoms with Crippen molar-refractivity contribution in [1.82, 2.24) is 5.32 Å². The van der Waals surface area contributed by atoms with Crippen molar-refractivity contribution >= 4 is 0 Å². The second kappa shape index (κ2) is 4.62. The third kappa shape index (κ3) is 2.93. The third-order valence-corrected chi connectivity index (χ3v) is 2.69. The van der Waals surface area contributed by atoms with Gasteiger partial charge in [0, 0.05) is 12.1 Å². The normalized spacial score (nSPS) is 15.3. The highest BCUT2D eigenvalue weighted by atomic mass is 19.1. The van der Waals surface area contributed by atoms with E-state index in [0.717, 1.165) is 23.8 Å². The number of halogens is 1. The Hall–Kier alpha value is -1.09. The summed E-state index contributed by atoms with van der Waals surface area (Å²) in [6, 6.07) is 4.62. The van der Waals surface area contributed by atoms with Crippen molar-refractivity contribution < 1.29 is 9.13 Å². The number of hydrogen-bond acceptors (Lipinski definition) is 2. The van der Waals surface area contributed by atoms with Gasteiger partial charge in [0.05, 0.1) is 7.11 Å². The minimum absolute atomic E-state index is 0.209. The number of ether oxygens (including phenoxy) is 1. The van der Waals surface area contributed by atoms with Gasteiger partial charge in [-0.25, -0.2) is 4.39 Å². The molecule has 1 aliphatic carbocycles. The van der Waals surface area contributed by atoms with Crippen LogP contribution in [0.2, 0.25) is 0 Å². The lowest BCUT2D eigenvalue weighted by atomic mass is 10.2. The molecule has 1 aliphatic rings. The number of hydrogen-bond donors (Lipinski definition) is 1. The molecule has 0 radical (unpaired) electrons. The van der Waals surface area contributed by atoms with Crippen LogP contribution in [0.3, 0.4) is 0 Å². The summed E-state index contributed by atoms with van der Waals surface area (Å²) in [6.07, 6.45) is 2.65. The van der Waals surface area contributed by atoms with Crippen LogP contribution in [0.25, 0.3) is 0 Å². The van der Waals surface area contributed by atoms with Gasteiger partial charge in [0.1, 0.15) is 11.6 Å². The Bertz CT molecular complexity index is 336. The first kappa shape index (κ1) is 10.4. The maximum Gasteiger partial charge on any atom is 0.123 e. The van der Waals surface area contributed by atoms with Crippen molar-refractivity contribution in [3.8, 4) is 5.75 Å². The molecule has 1 aromatic rings. The summed E-state index contributed by atoms with van der Waals surface area (Å²) >= 11 is 0. The van der Waals surface area contributed by atoms with Crippen LogP contribution in [-0.4, -0.2) is 13.7 Å². The van der Waals surface area contributed by atoms with E-state index in [4.69, 9.17) is 4.74 Å². The SMILES string of the molecule is COc1ccc(F)cc1CNCC1CC1. The molecular weight excluding hydrogens is 193 g/mol. The van der Waals surface area contributed by atoms with Crippen LogP contribution in [0.5, 0.6) is 5.75 Å². The van der Waals surface area contributed by atoms with Gasteiger partial charge in [-0.15, -0.1) is 0 Å². The predicted octanol–water partition coefficient (Wildman–Crippen LogP) is 2.33. The smallest absolute Gasteiger partial charge is 0.123 e. The Morgan fingerprint density at radius 1 is 1.47 bits per heavy atom. The lowest BCUT2D eigenvalue weighted by Crippen LogP contribution is -2.16. The van der Waals surface area contributed by atoms with Crippen LogP contribution in [-0.2, 0) is 6.54 Å². The van der Waals surface area contributed by atoms with Crippen LogP contribution in [0.4, 0.5) is 4.39 Å². The van der Waals surface area contributed by atoms with Gasteiger partial charge in [-0.2, -0.15) is 0 Å². The highest BCUT2D eigenvalue weighted by Gasteiger charge is 2.20. The summed E-state index contributed by atoms with van der Waals surface area (Å²) in [7, 11) is 1.61. The van der Waals surface area contributed by atoms with Crippen LogP contribution >= 0.6 is 0 Å². The fourth-order valence-corrected chi connectivity index (χ4v) is 1.62. The second-order valence-corrected chi connectivity index (χ2v) is 4.03. The van der Waals surface area contributed by atoms with Crippen LogP contribution in [0.15, 0.2) is 18.2 Å². The van der Waals surface area contributed by atoms with Crippen molar-refractivity contribution in [1.29, 1.82) is 0 Å². The molecule has 0 aliphatic heterocycles. The van der Waals surface area contributed by atoms with Gasteiger partial charge in [-0.1, -0.05) is 0 Å². The molecule has 1 fully saturated rings. The molecule has 1 aromatic carbocycles. The Morgan fingerprint density at radius 3 is 2.93 bits per heavy atom. The first-order valence-electron chi connectivity index (χ1n) is 5.32. The van der Waals surface area contributed by atoms with E-state index < -0.39 is 0 Å². The monoisotopic (exact) mass is 209 g/mol. The molecular formula is C12H16FNO. The Labute approximate surface area is 89.4 Å². The molecule has 0 aromatic heterocycles. The average molecular weight is 209 g/mol. The molecule has 2 rings (SSSR count). The topological polar surface area (TPSA) is 21.3 Å². The van der Waals surface area contributed by atoms with Gasteiger partial charge < -0.3 is 10.1 Å². The summed E-state index contributed by atoms with van der Waals surface area (Å²) in [6.45, 7) is 1.71. The number of benzene rings is 1. The van der Waals surface area contributed by atoms with E-state index in [1.54, 1.807) is 13.2 Å². The van der Waals surface area contributed by atoms with E-state index >= 15 is 0 Å². The molecule has 1 saturated carbocycles. The lowest BCUT2D eigenvalue weighted by molar-refractivity contribution is 0.406. The number of rotatable bonds is 5. The average Bonchev–Trinajstić information content (AvgIpc) is 3.02. The summed E-state index contributed by atoms with van der Waals surface area (Å²) in [5.74, 6) is 1.38. The molecule has 1 N–H and O–H groups in total. The van der Waals surface area contributed by atoms with E-state index in [9.17, 15) is 4.39 Å². The van der Waals surface area contributed by atoms with E-state index in [1.807, 2.05) is 0 Å². The molecule has 0 unspecified atom stereocenters. The molecule has 0 heterocycles. The highest BCUT2D eigenvalue weighted by Crippen LogP contribution is 2.28. The molecule has 0 atom stereocenters. The van der Waals surface area contributed by atoms with Gasteiger partial charge in [0.15, 0.2) is 0 Å². The number of nitrogens with one attached hydrogen (secondary N) is 1. The van der Waals surface area contributed by atoms with Crippen molar-refractivity contribution in [2.75, 3.05) is 13.7 Å². The van der Waals surface area contributed by atoms with E-state index in [2.05, 4.69) is 5.32 Å². The molecule has 82 valence electrons. The maximum absolute atomic E-state index is 13.0. The molecule has 0 amide bonds. The summed E-state index contributed by atoms with van der Waals surface area (Å²) in [5, 5.41) is 3.32. The molecule has 15 heavy (non-hydrogen) atoms. The minimum atomic E-state index is -0.209. The molecule has 0 saturated heterocycles. The van der Waals surface area contributed by atoms with E-state index in [-0.39, 0.29) is 5.82 Å². The van der Waals surface area contributed by atoms with Crippen molar-refractivity contribution in [3.63, 3.8) is 0 Å². The van der Waals surface area contributed by atoms with Crippen LogP contribution in [0, 0.1) is 11.7 Å². The zero-order chi connectivity index (χ0) is 10.7. The first-order valence-corrected chi connectivity index (χ1v) is 5.32. The lowest BCUT2D eigenvalue weighted by Gasteiger charge is -2.09. The Morgan fingerprint density at radius 2 is 2.27 bits per heavy atom. The Kier molecular flexibility index (Phi) is 3.21. The quantitative estimate of drug-likeness (QED) is 0.803. The van der Waals surface area contributed by atoms with Crippen molar-refractivity contribution in [3.05, 3.63) is 29.6 Å². The first-order chi connectivity index (χ1) is 7.29. The fraction of sp³-hybridized carbons (Fsp3) is 0.500. The summed E-state index contributed by atoms with van der Waals surface area (Å²) < 4.78 is 18.2. The van der Waals surface area contributed by atoms with Gasteiger partial charge in [0.2, 0.25) is 0 Å². The maximum atomic E-state index is 13.0. The highest BCUT2D eigenvalue weighted by molar-refractivity contribution is 5.33. The molecule has 2 nitrogen and oxygen atoms in total. The van der Waals surface area contributed by atoms with Gasteiger partial charge >= 0.3 is 0 Å². The zero-order valence-corrected chi connectivity index (χ0v) is 8.92. The van der Waals surface area contributed by atoms with Crippen LogP contribution < -0.4 is 10.1 Å². The van der Waals surface area contributed by atoms with Crippen molar-refractivity contribution in [2.45, 2.75) is 19.4 Å². The summed E-state index contributed by atoms with van der Waals surface area (Å²) in [5.41, 5.74) is 0.887. The second-order valence-electron chi connectivity index (χ2n) is 4.03. The van der Waals surface area contributed by atoms with Gasteiger partial charge in [0.25, 0.3) is 0 Å². The van der Waals surface area contributed by atoms with Gasteiger partial charge in [-0.05, 0) is 43.5 Å². The minimum Gasteiger partial charge on any atom is -0.496 e. The number of methoxy groups -OCH3 is 1. The predicted molar refractivity (Wildman–Crippen MR) is 57.4 cm³/mol. The molecule has 0 spiro atoms. The summed E-state index contributed by atoms with van der Waals surface area (Å²) in [4.78, 5) is 0.